The minimum Gasteiger partial charge on any atom is -0.495 e. The Bertz CT molecular complexity index is 786. The number of nitrogens with one attached hydrogen (secondary N) is 1. The molecule has 2 aromatic rings. The zero-order valence-electron chi connectivity index (χ0n) is 14.4. The molecule has 1 aliphatic heterocycles. The summed E-state index contributed by atoms with van der Waals surface area (Å²) < 4.78 is 5.26. The molecule has 1 fully saturated rings. The fourth-order valence-corrected chi connectivity index (χ4v) is 3.03. The van der Waals surface area contributed by atoms with Gasteiger partial charge in [0, 0.05) is 25.1 Å². The summed E-state index contributed by atoms with van der Waals surface area (Å²) in [6.45, 7) is 1.35. The number of aromatic nitrogens is 1. The minimum atomic E-state index is -0.467. The molecular weight excluding hydrogens is 336 g/mol. The smallest absolute Gasteiger partial charge is 0.287 e. The van der Waals surface area contributed by atoms with Gasteiger partial charge in [0.05, 0.1) is 17.7 Å². The SMILES string of the molecule is COc1ccccc1NC(=O)C1CCN(c2ccc([N+](=O)[O-])cn2)CC1. The molecule has 0 unspecified atom stereocenters. The number of nitrogens with zero attached hydrogens (tertiary/aromatic N) is 3. The molecule has 1 aliphatic rings. The molecule has 0 saturated carbocycles. The number of hydrogen-bond acceptors (Lipinski definition) is 6. The summed E-state index contributed by atoms with van der Waals surface area (Å²) in [5.41, 5.74) is 0.638. The maximum Gasteiger partial charge on any atom is 0.287 e. The predicted molar refractivity (Wildman–Crippen MR) is 97.5 cm³/mol. The van der Waals surface area contributed by atoms with Crippen molar-refractivity contribution in [3.05, 3.63) is 52.7 Å². The first-order valence-corrected chi connectivity index (χ1v) is 8.38. The second kappa shape index (κ2) is 7.81. The largest absolute Gasteiger partial charge is 0.495 e. The second-order valence-electron chi connectivity index (χ2n) is 6.08. The number of ether oxygens (including phenoxy) is 1. The highest BCUT2D eigenvalue weighted by Crippen LogP contribution is 2.27. The second-order valence-corrected chi connectivity index (χ2v) is 6.08. The van der Waals surface area contributed by atoms with Gasteiger partial charge in [-0.05, 0) is 31.0 Å². The van der Waals surface area contributed by atoms with Crippen LogP contribution in [0.5, 0.6) is 5.75 Å². The summed E-state index contributed by atoms with van der Waals surface area (Å²) in [6, 6.07) is 10.4. The Balaban J connectivity index is 1.57. The molecule has 8 heteroatoms. The van der Waals surface area contributed by atoms with Crippen molar-refractivity contribution in [3.8, 4) is 5.75 Å². The van der Waals surface area contributed by atoms with Gasteiger partial charge in [-0.2, -0.15) is 0 Å². The van der Waals surface area contributed by atoms with Crippen LogP contribution in [0.2, 0.25) is 0 Å². The minimum absolute atomic E-state index is 0.0224. The molecule has 1 saturated heterocycles. The van der Waals surface area contributed by atoms with E-state index in [0.717, 1.165) is 0 Å². The van der Waals surface area contributed by atoms with E-state index in [-0.39, 0.29) is 17.5 Å². The summed E-state index contributed by atoms with van der Waals surface area (Å²) >= 11 is 0. The van der Waals surface area contributed by atoms with Gasteiger partial charge >= 0.3 is 0 Å². The van der Waals surface area contributed by atoms with Gasteiger partial charge in [0.25, 0.3) is 5.69 Å². The van der Waals surface area contributed by atoms with E-state index in [1.165, 1.54) is 12.3 Å². The molecule has 8 nitrogen and oxygen atoms in total. The van der Waals surface area contributed by atoms with Crippen molar-refractivity contribution >= 4 is 23.1 Å². The van der Waals surface area contributed by atoms with Crippen molar-refractivity contribution in [2.75, 3.05) is 30.4 Å². The van der Waals surface area contributed by atoms with E-state index in [1.807, 2.05) is 23.1 Å². The number of benzene rings is 1. The highest BCUT2D eigenvalue weighted by molar-refractivity contribution is 5.94. The Morgan fingerprint density at radius 3 is 2.62 bits per heavy atom. The van der Waals surface area contributed by atoms with E-state index in [2.05, 4.69) is 10.3 Å². The van der Waals surface area contributed by atoms with Crippen LogP contribution in [0.4, 0.5) is 17.2 Å². The Hall–Kier alpha value is -3.16. The van der Waals surface area contributed by atoms with E-state index in [0.29, 0.717) is 43.2 Å². The number of para-hydroxylation sites is 2. The summed E-state index contributed by atoms with van der Waals surface area (Å²) in [5.74, 6) is 1.22. The van der Waals surface area contributed by atoms with Crippen molar-refractivity contribution < 1.29 is 14.5 Å². The highest BCUT2D eigenvalue weighted by atomic mass is 16.6. The van der Waals surface area contributed by atoms with E-state index in [9.17, 15) is 14.9 Å². The molecule has 1 amide bonds. The quantitative estimate of drug-likeness (QED) is 0.653. The molecule has 1 aromatic carbocycles. The van der Waals surface area contributed by atoms with E-state index in [1.54, 1.807) is 19.2 Å². The van der Waals surface area contributed by atoms with Crippen LogP contribution in [0.3, 0.4) is 0 Å². The third-order valence-electron chi connectivity index (χ3n) is 4.50. The number of rotatable bonds is 5. The molecule has 1 aromatic heterocycles. The van der Waals surface area contributed by atoms with Gasteiger partial charge in [-0.3, -0.25) is 14.9 Å². The summed E-state index contributed by atoms with van der Waals surface area (Å²) in [7, 11) is 1.57. The van der Waals surface area contributed by atoms with Crippen LogP contribution in [-0.4, -0.2) is 36.0 Å². The molecule has 3 rings (SSSR count). The lowest BCUT2D eigenvalue weighted by atomic mass is 9.95. The van der Waals surface area contributed by atoms with Crippen molar-refractivity contribution in [2.24, 2.45) is 5.92 Å². The van der Waals surface area contributed by atoms with Gasteiger partial charge < -0.3 is 15.0 Å². The zero-order valence-corrected chi connectivity index (χ0v) is 14.4. The van der Waals surface area contributed by atoms with Crippen LogP contribution < -0.4 is 15.0 Å². The summed E-state index contributed by atoms with van der Waals surface area (Å²) in [5, 5.41) is 13.6. The molecule has 0 bridgehead atoms. The Morgan fingerprint density at radius 1 is 1.27 bits per heavy atom. The van der Waals surface area contributed by atoms with Crippen LogP contribution in [-0.2, 0) is 4.79 Å². The van der Waals surface area contributed by atoms with Crippen molar-refractivity contribution in [1.29, 1.82) is 0 Å². The zero-order chi connectivity index (χ0) is 18.5. The third-order valence-corrected chi connectivity index (χ3v) is 4.50. The van der Waals surface area contributed by atoms with Crippen molar-refractivity contribution in [3.63, 3.8) is 0 Å². The predicted octanol–water partition coefficient (Wildman–Crippen LogP) is 2.85. The Kier molecular flexibility index (Phi) is 5.31. The van der Waals surface area contributed by atoms with E-state index in [4.69, 9.17) is 4.74 Å². The Morgan fingerprint density at radius 2 is 2.00 bits per heavy atom. The van der Waals surface area contributed by atoms with Gasteiger partial charge in [-0.1, -0.05) is 12.1 Å². The maximum absolute atomic E-state index is 12.5. The molecule has 0 atom stereocenters. The molecule has 136 valence electrons. The molecule has 26 heavy (non-hydrogen) atoms. The number of nitro groups is 1. The fourth-order valence-electron chi connectivity index (χ4n) is 3.03. The van der Waals surface area contributed by atoms with Gasteiger partial charge in [0.2, 0.25) is 5.91 Å². The van der Waals surface area contributed by atoms with E-state index < -0.39 is 4.92 Å². The van der Waals surface area contributed by atoms with Crippen LogP contribution in [0, 0.1) is 16.0 Å². The molecule has 1 N–H and O–H groups in total. The van der Waals surface area contributed by atoms with Crippen LogP contribution in [0.25, 0.3) is 0 Å². The maximum atomic E-state index is 12.5. The van der Waals surface area contributed by atoms with E-state index >= 15 is 0 Å². The monoisotopic (exact) mass is 356 g/mol. The lowest BCUT2D eigenvalue weighted by Gasteiger charge is -2.32. The topological polar surface area (TPSA) is 97.6 Å². The van der Waals surface area contributed by atoms with Crippen LogP contribution in [0.15, 0.2) is 42.6 Å². The standard InChI is InChI=1S/C18H20N4O4/c1-26-16-5-3-2-4-15(16)20-18(23)13-8-10-21(11-9-13)17-7-6-14(12-19-17)22(24)25/h2-7,12-13H,8-11H2,1H3,(H,20,23). The van der Waals surface area contributed by atoms with Crippen molar-refractivity contribution in [1.82, 2.24) is 4.98 Å². The summed E-state index contributed by atoms with van der Waals surface area (Å²) in [6.07, 6.45) is 2.65. The number of pyridine rings is 1. The van der Waals surface area contributed by atoms with Crippen LogP contribution >= 0.6 is 0 Å². The Labute approximate surface area is 150 Å². The normalized spacial score (nSPS) is 14.7. The average Bonchev–Trinajstić information content (AvgIpc) is 2.68. The first-order chi connectivity index (χ1) is 12.6. The number of anilines is 2. The number of carbonyl (C=O) groups is 1. The lowest BCUT2D eigenvalue weighted by molar-refractivity contribution is -0.385. The van der Waals surface area contributed by atoms with Gasteiger partial charge in [0.1, 0.15) is 17.8 Å². The van der Waals surface area contributed by atoms with Gasteiger partial charge in [-0.25, -0.2) is 4.98 Å². The molecule has 0 radical (unpaired) electrons. The first kappa shape index (κ1) is 17.7. The van der Waals surface area contributed by atoms with Crippen molar-refractivity contribution in [2.45, 2.75) is 12.8 Å². The molecule has 0 aliphatic carbocycles. The number of carbonyl (C=O) groups excluding carboxylic acids is 1. The molecular formula is C18H20N4O4. The average molecular weight is 356 g/mol. The number of hydrogen-bond donors (Lipinski definition) is 1. The number of amides is 1. The fraction of sp³-hybridized carbons (Fsp3) is 0.333. The van der Waals surface area contributed by atoms with Crippen LogP contribution in [0.1, 0.15) is 12.8 Å². The molecule has 2 heterocycles. The number of methoxy groups -OCH3 is 1. The lowest BCUT2D eigenvalue weighted by Crippen LogP contribution is -2.38. The first-order valence-electron chi connectivity index (χ1n) is 8.38. The number of piperidine rings is 1. The molecule has 0 spiro atoms. The van der Waals surface area contributed by atoms with Gasteiger partial charge in [0.15, 0.2) is 0 Å². The highest BCUT2D eigenvalue weighted by Gasteiger charge is 2.26. The van der Waals surface area contributed by atoms with Gasteiger partial charge in [-0.15, -0.1) is 0 Å². The summed E-state index contributed by atoms with van der Waals surface area (Å²) in [4.78, 5) is 28.9. The third kappa shape index (κ3) is 3.90.